The van der Waals surface area contributed by atoms with Crippen molar-refractivity contribution in [3.63, 3.8) is 0 Å². The van der Waals surface area contributed by atoms with Crippen molar-refractivity contribution in [1.29, 1.82) is 0 Å². The van der Waals surface area contributed by atoms with Crippen molar-refractivity contribution < 1.29 is 14.3 Å². The first kappa shape index (κ1) is 16.1. The molecule has 0 aromatic carbocycles. The van der Waals surface area contributed by atoms with Gasteiger partial charge in [-0.2, -0.15) is 0 Å². The number of alkyl carbamates (subject to hydrolysis) is 1. The molecule has 1 heterocycles. The highest BCUT2D eigenvalue weighted by molar-refractivity contribution is 8.13. The lowest BCUT2D eigenvalue weighted by Gasteiger charge is -2.22. The van der Waals surface area contributed by atoms with Gasteiger partial charge in [0.25, 0.3) is 0 Å². The third-order valence-electron chi connectivity index (χ3n) is 2.50. The number of nitrogens with one attached hydrogen (secondary N) is 1. The number of thioether (sulfide) groups is 1. The van der Waals surface area contributed by atoms with E-state index >= 15 is 0 Å². The molecule has 0 unspecified atom stereocenters. The van der Waals surface area contributed by atoms with Crippen LogP contribution in [0.1, 0.15) is 46.5 Å². The maximum absolute atomic E-state index is 11.7. The Bertz CT molecular complexity index is 347. The Labute approximate surface area is 119 Å². The number of hydrogen-bond donors (Lipinski definition) is 1. The molecule has 0 aliphatic carbocycles. The van der Waals surface area contributed by atoms with Crippen LogP contribution in [0.3, 0.4) is 0 Å². The summed E-state index contributed by atoms with van der Waals surface area (Å²) in [5.74, 6) is 0.564. The number of ether oxygens (including phenoxy) is 1. The molecule has 1 aliphatic rings. The summed E-state index contributed by atoms with van der Waals surface area (Å²) in [5, 5.41) is 2.99. The molecular formula is C14H23NO3S. The van der Waals surface area contributed by atoms with E-state index in [-0.39, 0.29) is 11.2 Å². The topological polar surface area (TPSA) is 55.4 Å². The summed E-state index contributed by atoms with van der Waals surface area (Å²) < 4.78 is 5.22. The van der Waals surface area contributed by atoms with Crippen molar-refractivity contribution in [2.75, 3.05) is 5.75 Å². The van der Waals surface area contributed by atoms with Crippen LogP contribution >= 0.6 is 11.8 Å². The monoisotopic (exact) mass is 285 g/mol. The summed E-state index contributed by atoms with van der Waals surface area (Å²) in [5.41, 5.74) is -0.507. The summed E-state index contributed by atoms with van der Waals surface area (Å²) in [4.78, 5) is 23.3. The lowest BCUT2D eigenvalue weighted by molar-refractivity contribution is -0.111. The molecule has 0 fully saturated rings. The number of allylic oxidation sites excluding steroid dienone is 1. The van der Waals surface area contributed by atoms with Crippen LogP contribution in [0.5, 0.6) is 0 Å². The molecule has 0 bridgehead atoms. The molecule has 0 saturated carbocycles. The number of carbonyl (C=O) groups is 2. The van der Waals surface area contributed by atoms with Crippen LogP contribution in [0.4, 0.5) is 4.79 Å². The van der Waals surface area contributed by atoms with Crippen molar-refractivity contribution in [2.45, 2.75) is 58.1 Å². The molecule has 108 valence electrons. The van der Waals surface area contributed by atoms with E-state index in [1.54, 1.807) is 0 Å². The lowest BCUT2D eigenvalue weighted by atomic mass is 10.1. The fraction of sp³-hybridized carbons (Fsp3) is 0.714. The fourth-order valence-electron chi connectivity index (χ4n) is 1.65. The third kappa shape index (κ3) is 7.93. The van der Waals surface area contributed by atoms with E-state index in [9.17, 15) is 9.59 Å². The highest BCUT2D eigenvalue weighted by Crippen LogP contribution is 2.15. The van der Waals surface area contributed by atoms with E-state index in [0.717, 1.165) is 19.3 Å². The Morgan fingerprint density at radius 2 is 2.16 bits per heavy atom. The van der Waals surface area contributed by atoms with E-state index < -0.39 is 11.7 Å². The summed E-state index contributed by atoms with van der Waals surface area (Å²) in [6, 6.07) is -0.151. The van der Waals surface area contributed by atoms with Crippen molar-refractivity contribution in [3.05, 3.63) is 12.2 Å². The van der Waals surface area contributed by atoms with Gasteiger partial charge in [0, 0.05) is 12.2 Å². The van der Waals surface area contributed by atoms with Crippen molar-refractivity contribution in [2.24, 2.45) is 0 Å². The Morgan fingerprint density at radius 3 is 2.84 bits per heavy atom. The summed E-state index contributed by atoms with van der Waals surface area (Å²) >= 11 is 1.28. The summed E-state index contributed by atoms with van der Waals surface area (Å²) in [7, 11) is 0. The summed E-state index contributed by atoms with van der Waals surface area (Å²) in [6.45, 7) is 5.48. The molecule has 0 aromatic heterocycles. The van der Waals surface area contributed by atoms with Crippen LogP contribution in [0, 0.1) is 0 Å². The Morgan fingerprint density at radius 1 is 1.42 bits per heavy atom. The molecule has 1 N–H and O–H groups in total. The van der Waals surface area contributed by atoms with Gasteiger partial charge in [-0.25, -0.2) is 4.79 Å². The van der Waals surface area contributed by atoms with Gasteiger partial charge >= 0.3 is 6.09 Å². The van der Waals surface area contributed by atoms with Gasteiger partial charge in [0.1, 0.15) is 5.60 Å². The highest BCUT2D eigenvalue weighted by Gasteiger charge is 2.19. The normalized spacial score (nSPS) is 23.5. The van der Waals surface area contributed by atoms with Crippen LogP contribution in [0.2, 0.25) is 0 Å². The number of amides is 1. The van der Waals surface area contributed by atoms with Gasteiger partial charge in [-0.1, -0.05) is 23.9 Å². The van der Waals surface area contributed by atoms with Crippen LogP contribution in [0.25, 0.3) is 0 Å². The average molecular weight is 285 g/mol. The van der Waals surface area contributed by atoms with E-state index in [4.69, 9.17) is 4.74 Å². The minimum atomic E-state index is -0.507. The molecule has 1 rings (SSSR count). The zero-order valence-corrected chi connectivity index (χ0v) is 12.7. The second kappa shape index (κ2) is 7.58. The molecule has 1 aliphatic heterocycles. The van der Waals surface area contributed by atoms with Crippen molar-refractivity contribution in [3.8, 4) is 0 Å². The molecule has 0 aromatic rings. The zero-order chi connectivity index (χ0) is 14.3. The van der Waals surface area contributed by atoms with Gasteiger partial charge in [-0.3, -0.25) is 4.79 Å². The number of rotatable bonds is 1. The van der Waals surface area contributed by atoms with E-state index in [2.05, 4.69) is 11.4 Å². The van der Waals surface area contributed by atoms with Crippen LogP contribution < -0.4 is 5.32 Å². The van der Waals surface area contributed by atoms with Gasteiger partial charge < -0.3 is 10.1 Å². The first-order valence-electron chi connectivity index (χ1n) is 6.68. The SMILES string of the molecule is CC(C)(C)OC(=O)N[C@@H]1/C=C\CCCCC(=O)SC1. The molecule has 0 spiro atoms. The number of carbonyl (C=O) groups excluding carboxylic acids is 2. The molecule has 19 heavy (non-hydrogen) atoms. The summed E-state index contributed by atoms with van der Waals surface area (Å²) in [6.07, 6.45) is 7.12. The van der Waals surface area contributed by atoms with Crippen molar-refractivity contribution in [1.82, 2.24) is 5.32 Å². The van der Waals surface area contributed by atoms with E-state index in [1.165, 1.54) is 11.8 Å². The third-order valence-corrected chi connectivity index (χ3v) is 3.55. The Balaban J connectivity index is 2.52. The average Bonchev–Trinajstić information content (AvgIpc) is 2.27. The Kier molecular flexibility index (Phi) is 6.42. The van der Waals surface area contributed by atoms with Gasteiger partial charge in [-0.15, -0.1) is 0 Å². The minimum Gasteiger partial charge on any atom is -0.444 e. The molecule has 1 atom stereocenters. The van der Waals surface area contributed by atoms with Gasteiger partial charge in [0.15, 0.2) is 5.12 Å². The molecule has 0 saturated heterocycles. The lowest BCUT2D eigenvalue weighted by Crippen LogP contribution is -2.39. The highest BCUT2D eigenvalue weighted by atomic mass is 32.2. The van der Waals surface area contributed by atoms with Gasteiger partial charge in [0.05, 0.1) is 6.04 Å². The molecule has 5 heteroatoms. The van der Waals surface area contributed by atoms with E-state index in [1.807, 2.05) is 26.8 Å². The predicted molar refractivity (Wildman–Crippen MR) is 78.2 cm³/mol. The first-order valence-corrected chi connectivity index (χ1v) is 7.67. The van der Waals surface area contributed by atoms with Crippen LogP contribution in [-0.4, -0.2) is 28.6 Å². The maximum Gasteiger partial charge on any atom is 0.408 e. The van der Waals surface area contributed by atoms with Crippen molar-refractivity contribution >= 4 is 23.0 Å². The Hall–Kier alpha value is -0.970. The van der Waals surface area contributed by atoms with Crippen LogP contribution in [0.15, 0.2) is 12.2 Å². The second-order valence-corrected chi connectivity index (χ2v) is 6.69. The molecule has 1 amide bonds. The standard InChI is InChI=1S/C14H23NO3S/c1-14(2,3)18-13(17)15-11-8-6-4-5-7-9-12(16)19-10-11/h6,8,11H,4-5,7,9-10H2,1-3H3,(H,15,17)/b8-6-/t11-/m1/s1. The first-order chi connectivity index (χ1) is 8.87. The molecule has 4 nitrogen and oxygen atoms in total. The predicted octanol–water partition coefficient (Wildman–Crippen LogP) is 3.27. The van der Waals surface area contributed by atoms with Crippen LogP contribution in [-0.2, 0) is 9.53 Å². The largest absolute Gasteiger partial charge is 0.444 e. The smallest absolute Gasteiger partial charge is 0.408 e. The quantitative estimate of drug-likeness (QED) is 0.751. The second-order valence-electron chi connectivity index (χ2n) is 5.61. The minimum absolute atomic E-state index is 0.151. The van der Waals surface area contributed by atoms with Gasteiger partial charge in [0.2, 0.25) is 0 Å². The van der Waals surface area contributed by atoms with E-state index in [0.29, 0.717) is 12.2 Å². The maximum atomic E-state index is 11.7. The molecular weight excluding hydrogens is 262 g/mol. The van der Waals surface area contributed by atoms with Gasteiger partial charge in [-0.05, 0) is 40.0 Å². The fourth-order valence-corrected chi connectivity index (χ4v) is 2.50. The molecule has 0 radical (unpaired) electrons. The zero-order valence-electron chi connectivity index (χ0n) is 11.9. The number of hydrogen-bond acceptors (Lipinski definition) is 4.